The summed E-state index contributed by atoms with van der Waals surface area (Å²) in [6.45, 7) is 16.8. The molecule has 330 valence electrons. The maximum absolute atomic E-state index is 2.51. The molecule has 0 saturated carbocycles. The smallest absolute Gasteiger partial charge is 0.0776 e. The Balaban J connectivity index is 0.901. The zero-order valence-electron chi connectivity index (χ0n) is 40.3. The van der Waals surface area contributed by atoms with Gasteiger partial charge in [0.05, 0.1) is 8.07 Å². The Morgan fingerprint density at radius 3 is 1.34 bits per heavy atom. The summed E-state index contributed by atoms with van der Waals surface area (Å²) in [7, 11) is -1.39. The van der Waals surface area contributed by atoms with E-state index in [0.29, 0.717) is 0 Å². The van der Waals surface area contributed by atoms with Gasteiger partial charge in [-0.25, -0.2) is 0 Å². The number of benzene rings is 9. The quantitative estimate of drug-likeness (QED) is 0.0711. The lowest BCUT2D eigenvalue weighted by molar-refractivity contribution is 0.490. The Hall–Kier alpha value is -6.74. The molecule has 0 amide bonds. The third kappa shape index (κ3) is 6.94. The zero-order chi connectivity index (χ0) is 46.1. The van der Waals surface area contributed by atoms with E-state index in [0.717, 1.165) is 37.1 Å². The minimum Gasteiger partial charge on any atom is -0.310 e. The second kappa shape index (κ2) is 16.5. The van der Waals surface area contributed by atoms with Gasteiger partial charge in [-0.3, -0.25) is 0 Å². The molecule has 0 radical (unpaired) electrons. The van der Waals surface area contributed by atoms with Crippen LogP contribution in [0, 0.1) is 0 Å². The lowest BCUT2D eigenvalue weighted by Crippen LogP contribution is -2.37. The predicted octanol–water partition coefficient (Wildman–Crippen LogP) is 18.0. The van der Waals surface area contributed by atoms with Crippen LogP contribution in [0.15, 0.2) is 182 Å². The van der Waals surface area contributed by atoms with Gasteiger partial charge in [0.2, 0.25) is 0 Å². The average Bonchev–Trinajstić information content (AvgIpc) is 3.81. The summed E-state index contributed by atoms with van der Waals surface area (Å²) in [4.78, 5) is 2.39. The normalized spacial score (nSPS) is 14.3. The van der Waals surface area contributed by atoms with Crippen molar-refractivity contribution < 1.29 is 0 Å². The molecule has 2 heteroatoms. The first kappa shape index (κ1) is 42.9. The van der Waals surface area contributed by atoms with Gasteiger partial charge >= 0.3 is 0 Å². The van der Waals surface area contributed by atoms with Gasteiger partial charge in [-0.15, -0.1) is 0 Å². The monoisotopic (exact) mass is 883 g/mol. The Morgan fingerprint density at radius 2 is 0.821 bits per heavy atom. The molecule has 0 unspecified atom stereocenters. The van der Waals surface area contributed by atoms with Crippen molar-refractivity contribution in [1.82, 2.24) is 0 Å². The summed E-state index contributed by atoms with van der Waals surface area (Å²) in [5.41, 5.74) is 19.8. The molecule has 67 heavy (non-hydrogen) atoms. The van der Waals surface area contributed by atoms with Gasteiger partial charge in [0.1, 0.15) is 0 Å². The summed E-state index contributed by atoms with van der Waals surface area (Å²) in [5.74, 6) is 0. The lowest BCUT2D eigenvalue weighted by atomic mass is 9.73. The molecular formula is C65H61NSi. The minimum absolute atomic E-state index is 0.0394. The van der Waals surface area contributed by atoms with E-state index >= 15 is 0 Å². The largest absolute Gasteiger partial charge is 0.310 e. The van der Waals surface area contributed by atoms with Crippen LogP contribution in [-0.4, -0.2) is 8.07 Å². The van der Waals surface area contributed by atoms with Crippen LogP contribution < -0.4 is 10.1 Å². The van der Waals surface area contributed by atoms with Crippen LogP contribution in [0.5, 0.6) is 0 Å². The highest BCUT2D eigenvalue weighted by Crippen LogP contribution is 2.56. The molecule has 2 aliphatic rings. The van der Waals surface area contributed by atoms with Crippen LogP contribution in [0.25, 0.3) is 67.1 Å². The first-order valence-corrected chi connectivity index (χ1v) is 28.2. The van der Waals surface area contributed by atoms with Crippen molar-refractivity contribution in [3.63, 3.8) is 0 Å². The number of hydrogen-bond donors (Lipinski definition) is 0. The lowest BCUT2D eigenvalue weighted by Gasteiger charge is -2.32. The van der Waals surface area contributed by atoms with Crippen molar-refractivity contribution in [3.05, 3.63) is 215 Å². The molecule has 0 aromatic heterocycles. The summed E-state index contributed by atoms with van der Waals surface area (Å²) >= 11 is 0. The number of nitrogens with zero attached hydrogens (tertiary/aromatic N) is 1. The van der Waals surface area contributed by atoms with Crippen molar-refractivity contribution in [2.45, 2.75) is 83.8 Å². The molecule has 0 fully saturated rings. The van der Waals surface area contributed by atoms with E-state index in [-0.39, 0.29) is 10.8 Å². The SMILES string of the molecule is CCC1(CC)c2cc(/C=C/c3ccc4c(c3)C(CC)(CC)c3cc(N(c5ccccc5)c5ccccc5)ccc3-4)ccc2-c2ccc(-c3ccc4c(ccc5cc([Si](C)(C)C)ccc54)c3)cc21. The van der Waals surface area contributed by atoms with E-state index in [4.69, 9.17) is 0 Å². The van der Waals surface area contributed by atoms with Gasteiger partial charge in [-0.05, 0) is 163 Å². The van der Waals surface area contributed by atoms with Crippen LogP contribution in [-0.2, 0) is 10.8 Å². The van der Waals surface area contributed by atoms with Crippen LogP contribution in [0.2, 0.25) is 19.6 Å². The number of para-hydroxylation sites is 2. The average molecular weight is 884 g/mol. The van der Waals surface area contributed by atoms with Crippen molar-refractivity contribution >= 4 is 64.0 Å². The summed E-state index contributed by atoms with van der Waals surface area (Å²) in [6.07, 6.45) is 8.87. The second-order valence-corrected chi connectivity index (χ2v) is 25.3. The third-order valence-corrected chi connectivity index (χ3v) is 18.0. The van der Waals surface area contributed by atoms with Crippen LogP contribution >= 0.6 is 0 Å². The minimum atomic E-state index is -1.39. The molecule has 0 aliphatic heterocycles. The second-order valence-electron chi connectivity index (χ2n) is 20.2. The Morgan fingerprint density at radius 1 is 0.388 bits per heavy atom. The van der Waals surface area contributed by atoms with Crippen molar-refractivity contribution in [1.29, 1.82) is 0 Å². The number of rotatable bonds is 11. The first-order valence-electron chi connectivity index (χ1n) is 24.7. The fourth-order valence-electron chi connectivity index (χ4n) is 12.1. The highest BCUT2D eigenvalue weighted by molar-refractivity contribution is 6.88. The zero-order valence-corrected chi connectivity index (χ0v) is 41.3. The molecule has 0 atom stereocenters. The Bertz CT molecular complexity index is 3340. The van der Waals surface area contributed by atoms with Gasteiger partial charge in [-0.1, -0.05) is 198 Å². The highest BCUT2D eigenvalue weighted by Gasteiger charge is 2.42. The number of anilines is 3. The molecule has 0 N–H and O–H groups in total. The van der Waals surface area contributed by atoms with E-state index < -0.39 is 8.07 Å². The Kier molecular flexibility index (Phi) is 10.6. The van der Waals surface area contributed by atoms with Crippen molar-refractivity contribution in [2.75, 3.05) is 4.90 Å². The van der Waals surface area contributed by atoms with Crippen molar-refractivity contribution in [3.8, 4) is 33.4 Å². The maximum atomic E-state index is 2.51. The van der Waals surface area contributed by atoms with E-state index in [1.54, 1.807) is 0 Å². The van der Waals surface area contributed by atoms with E-state index in [1.165, 1.54) is 99.2 Å². The van der Waals surface area contributed by atoms with Gasteiger partial charge in [0.15, 0.2) is 0 Å². The summed E-state index contributed by atoms with van der Waals surface area (Å²) in [5, 5.41) is 6.84. The molecular weight excluding hydrogens is 823 g/mol. The first-order chi connectivity index (χ1) is 32.6. The summed E-state index contributed by atoms with van der Waals surface area (Å²) in [6, 6.07) is 69.2. The summed E-state index contributed by atoms with van der Waals surface area (Å²) < 4.78 is 0. The highest BCUT2D eigenvalue weighted by atomic mass is 28.3. The molecule has 0 saturated heterocycles. The molecule has 1 nitrogen and oxygen atoms in total. The standard InChI is InChI=1S/C65H61NSi/c1-8-64(9-2)60-38-44(24-32-56(60)58-35-29-47(42-62(58)64)46-28-34-54-48(40-46)26-27-49-41-53(67(5,6)7)31-37-55(49)54)22-23-45-25-33-57-59-36-30-52(43-63(59)65(10-3,11-4)61(57)39-45)66(50-18-14-12-15-19-50)51-20-16-13-17-21-51/h12-43H,8-11H2,1-7H3/b23-22+. The van der Waals surface area contributed by atoms with Gasteiger partial charge in [0, 0.05) is 27.9 Å². The van der Waals surface area contributed by atoms with E-state index in [1.807, 2.05) is 0 Å². The molecule has 0 spiro atoms. The number of fused-ring (bicyclic) bond motifs is 9. The maximum Gasteiger partial charge on any atom is 0.0776 e. The fourth-order valence-corrected chi connectivity index (χ4v) is 13.2. The predicted molar refractivity (Wildman–Crippen MR) is 294 cm³/mol. The van der Waals surface area contributed by atoms with Crippen molar-refractivity contribution in [2.24, 2.45) is 0 Å². The molecule has 2 aliphatic carbocycles. The number of hydrogen-bond acceptors (Lipinski definition) is 1. The van der Waals surface area contributed by atoms with Crippen LogP contribution in [0.3, 0.4) is 0 Å². The fraction of sp³-hybridized carbons (Fsp3) is 0.200. The molecule has 9 aromatic carbocycles. The molecule has 11 rings (SSSR count). The van der Waals surface area contributed by atoms with Gasteiger partial charge in [0.25, 0.3) is 0 Å². The van der Waals surface area contributed by atoms with Gasteiger partial charge in [-0.2, -0.15) is 0 Å². The third-order valence-electron chi connectivity index (χ3n) is 16.0. The Labute approximate surface area is 399 Å². The molecule has 0 heterocycles. The molecule has 9 aromatic rings. The van der Waals surface area contributed by atoms with E-state index in [2.05, 4.69) is 246 Å². The van der Waals surface area contributed by atoms with E-state index in [9.17, 15) is 0 Å². The van der Waals surface area contributed by atoms with Gasteiger partial charge < -0.3 is 4.90 Å². The van der Waals surface area contributed by atoms with Crippen LogP contribution in [0.1, 0.15) is 86.8 Å². The topological polar surface area (TPSA) is 3.24 Å². The molecule has 0 bridgehead atoms. The van der Waals surface area contributed by atoms with Crippen LogP contribution in [0.4, 0.5) is 17.1 Å².